The molecule has 0 radical (unpaired) electrons. The molecule has 0 saturated heterocycles. The van der Waals surface area contributed by atoms with Crippen molar-refractivity contribution in [2.45, 2.75) is 32.4 Å². The summed E-state index contributed by atoms with van der Waals surface area (Å²) < 4.78 is 5.36. The number of aliphatic hydroxyl groups is 1. The van der Waals surface area contributed by atoms with Crippen molar-refractivity contribution in [3.05, 3.63) is 34.4 Å². The van der Waals surface area contributed by atoms with E-state index in [4.69, 9.17) is 4.74 Å². The van der Waals surface area contributed by atoms with Crippen LogP contribution in [0.25, 0.3) is 0 Å². The van der Waals surface area contributed by atoms with E-state index < -0.39 is 11.0 Å². The number of hydrogen-bond acceptors (Lipinski definition) is 5. The number of β-amino-alcohol motifs (C(OH)–C–C–N with tert-alkyl or cyclic N) is 1. The van der Waals surface area contributed by atoms with E-state index in [2.05, 4.69) is 5.32 Å². The quantitative estimate of drug-likeness (QED) is 0.606. The first-order valence-corrected chi connectivity index (χ1v) is 6.08. The monoisotopic (exact) mass is 268 g/mol. The molecule has 1 aromatic carbocycles. The van der Waals surface area contributed by atoms with Gasteiger partial charge in [-0.2, -0.15) is 0 Å². The number of nitro groups is 1. The maximum absolute atomic E-state index is 10.5. The number of benzene rings is 1. The SMILES string of the molecule is CC(C)(C)NC[C@H](O)COc1ccc([N+](=O)[O-])cc1. The van der Waals surface area contributed by atoms with Crippen LogP contribution in [0.15, 0.2) is 24.3 Å². The molecule has 0 bridgehead atoms. The van der Waals surface area contributed by atoms with E-state index in [-0.39, 0.29) is 17.8 Å². The number of nitrogens with zero attached hydrogens (tertiary/aromatic N) is 1. The van der Waals surface area contributed by atoms with Gasteiger partial charge in [0, 0.05) is 24.2 Å². The van der Waals surface area contributed by atoms with Crippen molar-refractivity contribution in [3.8, 4) is 5.75 Å². The third kappa shape index (κ3) is 6.17. The van der Waals surface area contributed by atoms with E-state index in [1.165, 1.54) is 24.3 Å². The first kappa shape index (κ1) is 15.4. The minimum atomic E-state index is -0.630. The summed E-state index contributed by atoms with van der Waals surface area (Å²) in [6, 6.07) is 5.77. The molecule has 0 fully saturated rings. The van der Waals surface area contributed by atoms with Crippen LogP contribution in [-0.4, -0.2) is 34.8 Å². The van der Waals surface area contributed by atoms with Crippen molar-refractivity contribution in [2.75, 3.05) is 13.2 Å². The zero-order valence-corrected chi connectivity index (χ0v) is 11.4. The van der Waals surface area contributed by atoms with Crippen LogP contribution in [0.5, 0.6) is 5.75 Å². The second-order valence-electron chi connectivity index (χ2n) is 5.35. The Bertz CT molecular complexity index is 412. The molecule has 0 aliphatic rings. The van der Waals surface area contributed by atoms with Gasteiger partial charge in [-0.1, -0.05) is 0 Å². The minimum Gasteiger partial charge on any atom is -0.491 e. The van der Waals surface area contributed by atoms with Crippen LogP contribution in [0.4, 0.5) is 5.69 Å². The number of hydrogen-bond donors (Lipinski definition) is 2. The Labute approximate surface area is 112 Å². The summed E-state index contributed by atoms with van der Waals surface area (Å²) >= 11 is 0. The normalized spacial score (nSPS) is 13.1. The molecule has 0 aromatic heterocycles. The zero-order chi connectivity index (χ0) is 14.5. The third-order valence-corrected chi connectivity index (χ3v) is 2.36. The lowest BCUT2D eigenvalue weighted by molar-refractivity contribution is -0.384. The van der Waals surface area contributed by atoms with Gasteiger partial charge in [0.2, 0.25) is 0 Å². The number of nitrogens with one attached hydrogen (secondary N) is 1. The lowest BCUT2D eigenvalue weighted by atomic mass is 10.1. The Morgan fingerprint density at radius 3 is 2.42 bits per heavy atom. The molecule has 1 aromatic rings. The van der Waals surface area contributed by atoms with Crippen molar-refractivity contribution in [2.24, 2.45) is 0 Å². The highest BCUT2D eigenvalue weighted by molar-refractivity contribution is 5.35. The summed E-state index contributed by atoms with van der Waals surface area (Å²) in [6.45, 7) is 6.60. The summed E-state index contributed by atoms with van der Waals surface area (Å²) in [5.74, 6) is 0.500. The third-order valence-electron chi connectivity index (χ3n) is 2.36. The number of non-ortho nitro benzene ring substituents is 1. The second kappa shape index (κ2) is 6.49. The maximum Gasteiger partial charge on any atom is 0.269 e. The molecule has 0 aliphatic heterocycles. The maximum atomic E-state index is 10.5. The summed E-state index contributed by atoms with van der Waals surface area (Å²) in [5, 5.41) is 23.4. The molecule has 19 heavy (non-hydrogen) atoms. The number of aliphatic hydroxyl groups excluding tert-OH is 1. The predicted molar refractivity (Wildman–Crippen MR) is 72.4 cm³/mol. The van der Waals surface area contributed by atoms with E-state index in [0.717, 1.165) is 0 Å². The second-order valence-corrected chi connectivity index (χ2v) is 5.35. The van der Waals surface area contributed by atoms with E-state index in [1.54, 1.807) is 0 Å². The van der Waals surface area contributed by atoms with Crippen LogP contribution in [0, 0.1) is 10.1 Å². The molecule has 2 N–H and O–H groups in total. The van der Waals surface area contributed by atoms with Crippen molar-refractivity contribution >= 4 is 5.69 Å². The van der Waals surface area contributed by atoms with Gasteiger partial charge >= 0.3 is 0 Å². The highest BCUT2D eigenvalue weighted by atomic mass is 16.6. The van der Waals surface area contributed by atoms with Gasteiger partial charge in [0.15, 0.2) is 0 Å². The van der Waals surface area contributed by atoms with Crippen molar-refractivity contribution in [1.82, 2.24) is 5.32 Å². The Hall–Kier alpha value is -1.66. The van der Waals surface area contributed by atoms with Crippen LogP contribution in [-0.2, 0) is 0 Å². The molecule has 0 heterocycles. The first-order valence-electron chi connectivity index (χ1n) is 6.08. The molecule has 0 spiro atoms. The molecule has 0 saturated carbocycles. The van der Waals surface area contributed by atoms with E-state index in [0.29, 0.717) is 12.3 Å². The van der Waals surface area contributed by atoms with Gasteiger partial charge in [-0.15, -0.1) is 0 Å². The summed E-state index contributed by atoms with van der Waals surface area (Å²) in [5.41, 5.74) is -0.0452. The Kier molecular flexibility index (Phi) is 5.26. The number of rotatable bonds is 6. The van der Waals surface area contributed by atoms with Crippen LogP contribution < -0.4 is 10.1 Å². The van der Waals surface area contributed by atoms with Crippen molar-refractivity contribution in [1.29, 1.82) is 0 Å². The van der Waals surface area contributed by atoms with Crippen LogP contribution in [0.2, 0.25) is 0 Å². The van der Waals surface area contributed by atoms with Gasteiger partial charge in [0.05, 0.1) is 4.92 Å². The highest BCUT2D eigenvalue weighted by Crippen LogP contribution is 2.17. The molecule has 6 nitrogen and oxygen atoms in total. The van der Waals surface area contributed by atoms with Crippen LogP contribution in [0.1, 0.15) is 20.8 Å². The smallest absolute Gasteiger partial charge is 0.269 e. The van der Waals surface area contributed by atoms with Gasteiger partial charge in [-0.05, 0) is 32.9 Å². The van der Waals surface area contributed by atoms with Gasteiger partial charge in [0.25, 0.3) is 5.69 Å². The summed E-state index contributed by atoms with van der Waals surface area (Å²) in [6.07, 6.45) is -0.630. The number of ether oxygens (including phenoxy) is 1. The molecule has 0 unspecified atom stereocenters. The molecular formula is C13H20N2O4. The fraction of sp³-hybridized carbons (Fsp3) is 0.538. The molecule has 106 valence electrons. The fourth-order valence-electron chi connectivity index (χ4n) is 1.34. The highest BCUT2D eigenvalue weighted by Gasteiger charge is 2.12. The molecule has 1 atom stereocenters. The largest absolute Gasteiger partial charge is 0.491 e. The Balaban J connectivity index is 2.37. The van der Waals surface area contributed by atoms with E-state index >= 15 is 0 Å². The van der Waals surface area contributed by atoms with Crippen LogP contribution in [0.3, 0.4) is 0 Å². The minimum absolute atomic E-state index is 0.0160. The molecular weight excluding hydrogens is 248 g/mol. The molecule has 1 rings (SSSR count). The van der Waals surface area contributed by atoms with Crippen molar-refractivity contribution in [3.63, 3.8) is 0 Å². The van der Waals surface area contributed by atoms with Crippen molar-refractivity contribution < 1.29 is 14.8 Å². The van der Waals surface area contributed by atoms with Gasteiger partial charge in [-0.25, -0.2) is 0 Å². The average Bonchev–Trinajstić information content (AvgIpc) is 2.33. The topological polar surface area (TPSA) is 84.6 Å². The van der Waals surface area contributed by atoms with Gasteiger partial charge in [0.1, 0.15) is 18.5 Å². The summed E-state index contributed by atoms with van der Waals surface area (Å²) in [4.78, 5) is 10.0. The Morgan fingerprint density at radius 1 is 1.37 bits per heavy atom. The van der Waals surface area contributed by atoms with Gasteiger partial charge in [-0.3, -0.25) is 10.1 Å². The Morgan fingerprint density at radius 2 is 1.95 bits per heavy atom. The van der Waals surface area contributed by atoms with E-state index in [9.17, 15) is 15.2 Å². The summed E-state index contributed by atoms with van der Waals surface area (Å²) in [7, 11) is 0. The van der Waals surface area contributed by atoms with E-state index in [1.807, 2.05) is 20.8 Å². The average molecular weight is 268 g/mol. The van der Waals surface area contributed by atoms with Crippen LogP contribution >= 0.6 is 0 Å². The first-order chi connectivity index (χ1) is 8.78. The fourth-order valence-corrected chi connectivity index (χ4v) is 1.34. The standard InChI is InChI=1S/C13H20N2O4/c1-13(2,3)14-8-11(16)9-19-12-6-4-10(5-7-12)15(17)18/h4-7,11,14,16H,8-9H2,1-3H3/t11-/m0/s1. The molecule has 6 heteroatoms. The zero-order valence-electron chi connectivity index (χ0n) is 11.4. The molecule has 0 aliphatic carbocycles. The molecule has 0 amide bonds. The van der Waals surface area contributed by atoms with Gasteiger partial charge < -0.3 is 15.2 Å². The lowest BCUT2D eigenvalue weighted by Gasteiger charge is -2.22. The predicted octanol–water partition coefficient (Wildman–Crippen LogP) is 1.72. The lowest BCUT2D eigenvalue weighted by Crippen LogP contribution is -2.42. The number of nitro benzene ring substituents is 1.